The maximum atomic E-state index is 11.9. The number of hydrogen-bond donors (Lipinski definition) is 0. The molecule has 68 heavy (non-hydrogen) atoms. The summed E-state index contributed by atoms with van der Waals surface area (Å²) in [7, 11) is 0. The lowest BCUT2D eigenvalue weighted by molar-refractivity contribution is -0.139. The molecule has 0 aliphatic carbocycles. The van der Waals surface area contributed by atoms with Crippen molar-refractivity contribution in [2.75, 3.05) is 9.80 Å². The molecule has 0 amide bonds. The van der Waals surface area contributed by atoms with Crippen LogP contribution in [0.4, 0.5) is 32.8 Å². The highest BCUT2D eigenvalue weighted by atomic mass is 32.1. The fourth-order valence-corrected chi connectivity index (χ4v) is 10.2. The molecule has 12 heteroatoms. The van der Waals surface area contributed by atoms with Gasteiger partial charge in [-0.1, -0.05) is 123 Å². The molecule has 8 aromatic rings. The second kappa shape index (κ2) is 21.3. The Labute approximate surface area is 401 Å². The van der Waals surface area contributed by atoms with Crippen LogP contribution in [0.2, 0.25) is 0 Å². The monoisotopic (exact) mass is 936 g/mol. The summed E-state index contributed by atoms with van der Waals surface area (Å²) in [5.74, 6) is -1.99. The van der Waals surface area contributed by atoms with Crippen LogP contribution >= 0.6 is 22.7 Å². The summed E-state index contributed by atoms with van der Waals surface area (Å²) in [6.45, 7) is 14.4. The van der Waals surface area contributed by atoms with Crippen molar-refractivity contribution in [3.63, 3.8) is 0 Å². The molecule has 6 aromatic carbocycles. The maximum Gasteiger partial charge on any atom is 0.330 e. The van der Waals surface area contributed by atoms with Crippen LogP contribution in [0.1, 0.15) is 22.3 Å². The van der Waals surface area contributed by atoms with E-state index in [0.717, 1.165) is 111 Å². The molecule has 0 aliphatic heterocycles. The van der Waals surface area contributed by atoms with E-state index < -0.39 is 23.9 Å². The van der Waals surface area contributed by atoms with Gasteiger partial charge in [-0.2, -0.15) is 0 Å². The molecular weight excluding hydrogens is 893 g/mol. The van der Waals surface area contributed by atoms with Crippen LogP contribution < -0.4 is 9.80 Å². The SMILES string of the molecule is C=CC(=O)OCc1ccc(N(c2ccc(COC(=O)C=C)cc2)c2sc(-c3sc(N(c4ccc(COC(=O)C=C)cc4)c4ccc(COC(=O)C=C)cc4)c4ccccc34)c3ccccc23)cc1. The van der Waals surface area contributed by atoms with Crippen molar-refractivity contribution >= 4 is 101 Å². The number of carbonyl (C=O) groups is 4. The summed E-state index contributed by atoms with van der Waals surface area (Å²) in [6.07, 6.45) is 4.57. The first kappa shape index (κ1) is 46.2. The summed E-state index contributed by atoms with van der Waals surface area (Å²) in [4.78, 5) is 54.1. The smallest absolute Gasteiger partial charge is 0.330 e. The molecule has 0 saturated carbocycles. The second-order valence-electron chi connectivity index (χ2n) is 15.1. The molecule has 0 saturated heterocycles. The van der Waals surface area contributed by atoms with Crippen molar-refractivity contribution in [3.8, 4) is 9.75 Å². The molecule has 0 fully saturated rings. The zero-order valence-electron chi connectivity index (χ0n) is 36.8. The van der Waals surface area contributed by atoms with E-state index >= 15 is 0 Å². The van der Waals surface area contributed by atoms with Crippen LogP contribution in [-0.4, -0.2) is 23.9 Å². The summed E-state index contributed by atoms with van der Waals surface area (Å²) >= 11 is 3.36. The van der Waals surface area contributed by atoms with Crippen LogP contribution in [0.5, 0.6) is 0 Å². The molecule has 0 spiro atoms. The second-order valence-corrected chi connectivity index (χ2v) is 17.1. The molecule has 2 aromatic heterocycles. The first-order valence-electron chi connectivity index (χ1n) is 21.3. The lowest BCUT2D eigenvalue weighted by atomic mass is 10.1. The molecule has 0 radical (unpaired) electrons. The normalized spacial score (nSPS) is 10.8. The fraction of sp³-hybridized carbons (Fsp3) is 0.0714. The fourth-order valence-electron chi connectivity index (χ4n) is 7.40. The van der Waals surface area contributed by atoms with Gasteiger partial charge in [0, 0.05) is 68.6 Å². The molecule has 0 N–H and O–H groups in total. The van der Waals surface area contributed by atoms with Gasteiger partial charge in [-0.05, 0) is 70.8 Å². The third-order valence-corrected chi connectivity index (χ3v) is 13.4. The van der Waals surface area contributed by atoms with Crippen molar-refractivity contribution in [1.82, 2.24) is 0 Å². The summed E-state index contributed by atoms with van der Waals surface area (Å²) < 4.78 is 21.3. The summed E-state index contributed by atoms with van der Waals surface area (Å²) in [5.41, 5.74) is 6.78. The van der Waals surface area contributed by atoms with Gasteiger partial charge >= 0.3 is 23.9 Å². The van der Waals surface area contributed by atoms with E-state index in [1.54, 1.807) is 22.7 Å². The van der Waals surface area contributed by atoms with Gasteiger partial charge in [-0.15, -0.1) is 22.7 Å². The Kier molecular flexibility index (Phi) is 14.5. The van der Waals surface area contributed by atoms with E-state index in [1.807, 2.05) is 109 Å². The molecule has 0 atom stereocenters. The van der Waals surface area contributed by atoms with E-state index in [1.165, 1.54) is 0 Å². The highest BCUT2D eigenvalue weighted by Gasteiger charge is 2.26. The number of carbonyl (C=O) groups excluding carboxylic acids is 4. The summed E-state index contributed by atoms with van der Waals surface area (Å²) in [5, 5.41) is 6.17. The Bertz CT molecular complexity index is 2820. The lowest BCUT2D eigenvalue weighted by Gasteiger charge is -2.25. The van der Waals surface area contributed by atoms with E-state index in [2.05, 4.69) is 72.5 Å². The molecule has 338 valence electrons. The quantitative estimate of drug-likeness (QED) is 0.0441. The molecular formula is C56H44N2O8S2. The number of thiophene rings is 2. The average molecular weight is 937 g/mol. The van der Waals surface area contributed by atoms with Crippen LogP contribution in [-0.2, 0) is 64.6 Å². The van der Waals surface area contributed by atoms with E-state index in [-0.39, 0.29) is 26.4 Å². The topological polar surface area (TPSA) is 112 Å². The van der Waals surface area contributed by atoms with Crippen LogP contribution in [0, 0.1) is 0 Å². The van der Waals surface area contributed by atoms with Crippen LogP contribution in [0.25, 0.3) is 31.3 Å². The number of ether oxygens (including phenoxy) is 4. The minimum atomic E-state index is -0.497. The van der Waals surface area contributed by atoms with Gasteiger partial charge in [0.25, 0.3) is 0 Å². The largest absolute Gasteiger partial charge is 0.458 e. The van der Waals surface area contributed by atoms with E-state index in [9.17, 15) is 19.2 Å². The number of anilines is 6. The van der Waals surface area contributed by atoms with Crippen molar-refractivity contribution < 1.29 is 38.1 Å². The minimum absolute atomic E-state index is 0.102. The van der Waals surface area contributed by atoms with Crippen LogP contribution in [0.3, 0.4) is 0 Å². The van der Waals surface area contributed by atoms with Crippen molar-refractivity contribution in [1.29, 1.82) is 0 Å². The number of esters is 4. The number of rotatable bonds is 19. The van der Waals surface area contributed by atoms with Crippen LogP contribution in [0.15, 0.2) is 196 Å². The Morgan fingerprint density at radius 3 is 0.838 bits per heavy atom. The van der Waals surface area contributed by atoms with Gasteiger partial charge in [0.1, 0.15) is 36.4 Å². The minimum Gasteiger partial charge on any atom is -0.458 e. The standard InChI is InChI=1S/C56H44N2O8S2/c1-5-49(59)63-33-37-17-25-41(26-18-37)57(42-27-19-38(20-28-42)34-64-50(60)6-2)55-47-15-11-9-13-45(47)53(67-55)54-46-14-10-12-16-48(46)56(68-54)58(43-29-21-39(22-30-43)35-65-51(61)7-3)44-31-23-40(24-32-44)36-66-52(62)8-4/h5-32H,1-4,33-36H2. The zero-order valence-corrected chi connectivity index (χ0v) is 38.4. The summed E-state index contributed by atoms with van der Waals surface area (Å²) in [6, 6.07) is 48.3. The van der Waals surface area contributed by atoms with E-state index in [0.29, 0.717) is 0 Å². The Hall–Kier alpha value is -8.32. The predicted octanol–water partition coefficient (Wildman–Crippen LogP) is 13.6. The third-order valence-electron chi connectivity index (χ3n) is 10.8. The van der Waals surface area contributed by atoms with Crippen molar-refractivity contribution in [2.24, 2.45) is 0 Å². The third kappa shape index (κ3) is 10.4. The first-order valence-corrected chi connectivity index (χ1v) is 23.0. The molecule has 8 rings (SSSR count). The highest BCUT2D eigenvalue weighted by molar-refractivity contribution is 7.28. The Morgan fingerprint density at radius 1 is 0.368 bits per heavy atom. The van der Waals surface area contributed by atoms with Gasteiger partial charge < -0.3 is 28.7 Å². The molecule has 2 heterocycles. The van der Waals surface area contributed by atoms with E-state index in [4.69, 9.17) is 18.9 Å². The van der Waals surface area contributed by atoms with Gasteiger partial charge in [0.15, 0.2) is 0 Å². The first-order chi connectivity index (χ1) is 33.2. The van der Waals surface area contributed by atoms with Gasteiger partial charge in [0.2, 0.25) is 0 Å². The number of fused-ring (bicyclic) bond motifs is 2. The lowest BCUT2D eigenvalue weighted by Crippen LogP contribution is -2.09. The molecule has 0 unspecified atom stereocenters. The molecule has 10 nitrogen and oxygen atoms in total. The maximum absolute atomic E-state index is 11.9. The Morgan fingerprint density at radius 2 is 0.603 bits per heavy atom. The molecule has 0 bridgehead atoms. The number of hydrogen-bond acceptors (Lipinski definition) is 12. The average Bonchev–Trinajstić information content (AvgIpc) is 3.96. The Balaban J connectivity index is 1.26. The van der Waals surface area contributed by atoms with Crippen molar-refractivity contribution in [3.05, 3.63) is 218 Å². The van der Waals surface area contributed by atoms with Crippen molar-refractivity contribution in [2.45, 2.75) is 26.4 Å². The number of nitrogens with zero attached hydrogens (tertiary/aromatic N) is 2. The van der Waals surface area contributed by atoms with Gasteiger partial charge in [-0.25, -0.2) is 19.2 Å². The van der Waals surface area contributed by atoms with Gasteiger partial charge in [0.05, 0.1) is 9.75 Å². The number of benzene rings is 6. The highest BCUT2D eigenvalue weighted by Crippen LogP contribution is 2.55. The predicted molar refractivity (Wildman–Crippen MR) is 272 cm³/mol. The van der Waals surface area contributed by atoms with Gasteiger partial charge in [-0.3, -0.25) is 0 Å². The zero-order chi connectivity index (χ0) is 47.6. The molecule has 0 aliphatic rings.